The number of likely N-dealkylation sites (N-methyl/N-ethyl adjacent to an activating group) is 1. The van der Waals surface area contributed by atoms with Crippen LogP contribution in [0.3, 0.4) is 0 Å². The van der Waals surface area contributed by atoms with Gasteiger partial charge in [0.25, 0.3) is 11.8 Å². The molecule has 0 radical (unpaired) electrons. The van der Waals surface area contributed by atoms with Crippen LogP contribution in [0.1, 0.15) is 30.1 Å². The number of carbonyl (C=O) groups is 3. The van der Waals surface area contributed by atoms with Gasteiger partial charge >= 0.3 is 0 Å². The number of ether oxygens (including phenoxy) is 1. The fourth-order valence-corrected chi connectivity index (χ4v) is 3.59. The standard InChI is InChI=1S/C17H19N3O5S/c1-2-20(24)13(21)8-25-10-5-6-11-12(7-10)26-17(14(11)15(18)22)19-16(23)9-3-4-9/h5-7,9,24H,2-4,8H2,1H3,(H2,18,22)(H,19,23). The molecule has 26 heavy (non-hydrogen) atoms. The lowest BCUT2D eigenvalue weighted by Gasteiger charge is -2.12. The largest absolute Gasteiger partial charge is 0.484 e. The summed E-state index contributed by atoms with van der Waals surface area (Å²) < 4.78 is 6.09. The minimum absolute atomic E-state index is 0.00541. The summed E-state index contributed by atoms with van der Waals surface area (Å²) in [6.07, 6.45) is 1.71. The van der Waals surface area contributed by atoms with E-state index < -0.39 is 11.8 Å². The second-order valence-electron chi connectivity index (χ2n) is 5.99. The molecule has 1 aromatic heterocycles. The van der Waals surface area contributed by atoms with Crippen LogP contribution in [-0.4, -0.2) is 41.1 Å². The highest BCUT2D eigenvalue weighted by atomic mass is 32.1. The van der Waals surface area contributed by atoms with Crippen molar-refractivity contribution in [3.63, 3.8) is 0 Å². The van der Waals surface area contributed by atoms with E-state index in [0.717, 1.165) is 12.8 Å². The minimum atomic E-state index is -0.620. The predicted molar refractivity (Wildman–Crippen MR) is 96.4 cm³/mol. The molecule has 1 aliphatic rings. The number of benzene rings is 1. The predicted octanol–water partition coefficient (Wildman–Crippen LogP) is 1.97. The number of anilines is 1. The average Bonchev–Trinajstić information content (AvgIpc) is 3.40. The van der Waals surface area contributed by atoms with Crippen LogP contribution >= 0.6 is 11.3 Å². The molecule has 0 bridgehead atoms. The van der Waals surface area contributed by atoms with E-state index in [1.54, 1.807) is 25.1 Å². The van der Waals surface area contributed by atoms with Crippen LogP contribution in [0.15, 0.2) is 18.2 Å². The van der Waals surface area contributed by atoms with Crippen LogP contribution in [0, 0.1) is 5.92 Å². The second-order valence-corrected chi connectivity index (χ2v) is 7.04. The van der Waals surface area contributed by atoms with E-state index in [-0.39, 0.29) is 30.5 Å². The van der Waals surface area contributed by atoms with Crippen LogP contribution in [0.25, 0.3) is 10.1 Å². The molecule has 2 aromatic rings. The molecule has 0 saturated heterocycles. The van der Waals surface area contributed by atoms with E-state index in [2.05, 4.69) is 5.32 Å². The maximum absolute atomic E-state index is 12.0. The van der Waals surface area contributed by atoms with Gasteiger partial charge in [0, 0.05) is 22.5 Å². The summed E-state index contributed by atoms with van der Waals surface area (Å²) in [4.78, 5) is 35.5. The van der Waals surface area contributed by atoms with Gasteiger partial charge in [-0.05, 0) is 38.0 Å². The molecule has 1 fully saturated rings. The van der Waals surface area contributed by atoms with Gasteiger partial charge in [0.1, 0.15) is 10.8 Å². The number of hydroxylamine groups is 2. The first kappa shape index (κ1) is 18.2. The SMILES string of the molecule is CCN(O)C(=O)COc1ccc2c(C(N)=O)c(NC(=O)C3CC3)sc2c1. The first-order valence-electron chi connectivity index (χ1n) is 8.20. The summed E-state index contributed by atoms with van der Waals surface area (Å²) in [5, 5.41) is 13.7. The van der Waals surface area contributed by atoms with Crippen molar-refractivity contribution in [2.45, 2.75) is 19.8 Å². The van der Waals surface area contributed by atoms with Crippen molar-refractivity contribution in [2.24, 2.45) is 11.7 Å². The Balaban J connectivity index is 1.83. The molecule has 4 N–H and O–H groups in total. The number of carbonyl (C=O) groups excluding carboxylic acids is 3. The normalized spacial score (nSPS) is 13.5. The van der Waals surface area contributed by atoms with Crippen molar-refractivity contribution in [1.82, 2.24) is 5.06 Å². The fraction of sp³-hybridized carbons (Fsp3) is 0.353. The number of nitrogens with two attached hydrogens (primary N) is 1. The van der Waals surface area contributed by atoms with E-state index in [1.807, 2.05) is 0 Å². The molecule has 8 nitrogen and oxygen atoms in total. The van der Waals surface area contributed by atoms with Gasteiger partial charge in [-0.3, -0.25) is 19.6 Å². The summed E-state index contributed by atoms with van der Waals surface area (Å²) in [5.41, 5.74) is 5.76. The van der Waals surface area contributed by atoms with Gasteiger partial charge in [-0.2, -0.15) is 0 Å². The Hall–Kier alpha value is -2.65. The number of hydrogen-bond donors (Lipinski definition) is 3. The van der Waals surface area contributed by atoms with E-state index in [4.69, 9.17) is 10.5 Å². The topological polar surface area (TPSA) is 122 Å². The third-order valence-electron chi connectivity index (χ3n) is 4.04. The molecule has 1 saturated carbocycles. The molecule has 1 aromatic carbocycles. The molecule has 0 aliphatic heterocycles. The molecule has 0 atom stereocenters. The maximum atomic E-state index is 12.0. The number of nitrogens with one attached hydrogen (secondary N) is 1. The van der Waals surface area contributed by atoms with Gasteiger partial charge < -0.3 is 15.8 Å². The number of hydrogen-bond acceptors (Lipinski definition) is 6. The summed E-state index contributed by atoms with van der Waals surface area (Å²) in [6, 6.07) is 4.93. The van der Waals surface area contributed by atoms with Gasteiger partial charge in [0.2, 0.25) is 5.91 Å². The maximum Gasteiger partial charge on any atom is 0.283 e. The van der Waals surface area contributed by atoms with Gasteiger partial charge in [-0.1, -0.05) is 0 Å². The quantitative estimate of drug-likeness (QED) is 0.503. The van der Waals surface area contributed by atoms with E-state index in [1.165, 1.54) is 11.3 Å². The van der Waals surface area contributed by atoms with Crippen LogP contribution < -0.4 is 15.8 Å². The molecule has 1 aliphatic carbocycles. The van der Waals surface area contributed by atoms with E-state index in [9.17, 15) is 19.6 Å². The first-order valence-corrected chi connectivity index (χ1v) is 9.01. The van der Waals surface area contributed by atoms with Gasteiger partial charge in [0.15, 0.2) is 6.61 Å². The number of thiophene rings is 1. The molecule has 9 heteroatoms. The van der Waals surface area contributed by atoms with Crippen molar-refractivity contribution in [3.8, 4) is 5.75 Å². The van der Waals surface area contributed by atoms with Gasteiger partial charge in [-0.15, -0.1) is 11.3 Å². The van der Waals surface area contributed by atoms with Crippen molar-refractivity contribution < 1.29 is 24.3 Å². The lowest BCUT2D eigenvalue weighted by Crippen LogP contribution is -2.31. The highest BCUT2D eigenvalue weighted by Gasteiger charge is 2.31. The number of rotatable bonds is 7. The average molecular weight is 377 g/mol. The molecule has 0 spiro atoms. The van der Waals surface area contributed by atoms with Crippen molar-refractivity contribution in [1.29, 1.82) is 0 Å². The number of fused-ring (bicyclic) bond motifs is 1. The zero-order valence-electron chi connectivity index (χ0n) is 14.2. The Labute approximate surface area is 153 Å². The second kappa shape index (κ2) is 7.30. The smallest absolute Gasteiger partial charge is 0.283 e. The van der Waals surface area contributed by atoms with Crippen LogP contribution in [0.5, 0.6) is 5.75 Å². The summed E-state index contributed by atoms with van der Waals surface area (Å²) >= 11 is 1.23. The summed E-state index contributed by atoms with van der Waals surface area (Å²) in [5.74, 6) is -0.874. The van der Waals surface area contributed by atoms with Crippen molar-refractivity contribution >= 4 is 44.1 Å². The Morgan fingerprint density at radius 2 is 2.12 bits per heavy atom. The lowest BCUT2D eigenvalue weighted by molar-refractivity contribution is -0.166. The van der Waals surface area contributed by atoms with Crippen molar-refractivity contribution in [3.05, 3.63) is 23.8 Å². The van der Waals surface area contributed by atoms with E-state index >= 15 is 0 Å². The minimum Gasteiger partial charge on any atom is -0.484 e. The molecule has 3 rings (SSSR count). The number of primary amides is 1. The van der Waals surface area contributed by atoms with Crippen LogP contribution in [-0.2, 0) is 9.59 Å². The molecule has 3 amide bonds. The zero-order valence-corrected chi connectivity index (χ0v) is 15.0. The lowest BCUT2D eigenvalue weighted by atomic mass is 10.1. The third-order valence-corrected chi connectivity index (χ3v) is 5.11. The first-order chi connectivity index (χ1) is 12.4. The van der Waals surface area contributed by atoms with Crippen molar-refractivity contribution in [2.75, 3.05) is 18.5 Å². The highest BCUT2D eigenvalue weighted by molar-refractivity contribution is 7.23. The molecular weight excluding hydrogens is 358 g/mol. The molecule has 1 heterocycles. The van der Waals surface area contributed by atoms with E-state index in [0.29, 0.717) is 25.9 Å². The van der Waals surface area contributed by atoms with Gasteiger partial charge in [0.05, 0.1) is 5.56 Å². The Morgan fingerprint density at radius 1 is 1.38 bits per heavy atom. The monoisotopic (exact) mass is 377 g/mol. The van der Waals surface area contributed by atoms with Crippen LogP contribution in [0.4, 0.5) is 5.00 Å². The highest BCUT2D eigenvalue weighted by Crippen LogP contribution is 2.39. The van der Waals surface area contributed by atoms with Gasteiger partial charge in [-0.25, -0.2) is 5.06 Å². The molecular formula is C17H19N3O5S. The number of amides is 3. The number of nitrogens with zero attached hydrogens (tertiary/aromatic N) is 1. The fourth-order valence-electron chi connectivity index (χ4n) is 2.45. The summed E-state index contributed by atoms with van der Waals surface area (Å²) in [6.45, 7) is 1.49. The summed E-state index contributed by atoms with van der Waals surface area (Å²) in [7, 11) is 0. The Bertz CT molecular complexity index is 875. The molecule has 138 valence electrons. The third kappa shape index (κ3) is 3.78. The zero-order chi connectivity index (χ0) is 18.8. The molecule has 0 unspecified atom stereocenters. The van der Waals surface area contributed by atoms with Crippen LogP contribution in [0.2, 0.25) is 0 Å². The Morgan fingerprint density at radius 3 is 2.73 bits per heavy atom. The Kier molecular flexibility index (Phi) is 5.10.